The molecule has 3 unspecified atom stereocenters. The molecule has 0 amide bonds. The SMILES string of the molecule is CCOC1C(NC)CC1Oc1ccc([N+](=O)[O-])c(Cl)c1. The third kappa shape index (κ3) is 3.03. The number of nitrogens with zero attached hydrogens (tertiary/aromatic N) is 1. The van der Waals surface area contributed by atoms with Crippen LogP contribution in [-0.2, 0) is 4.74 Å². The molecule has 1 aromatic rings. The number of nitro groups is 1. The zero-order valence-electron chi connectivity index (χ0n) is 11.3. The summed E-state index contributed by atoms with van der Waals surface area (Å²) in [4.78, 5) is 10.2. The van der Waals surface area contributed by atoms with Crippen LogP contribution in [0.15, 0.2) is 18.2 Å². The molecule has 1 N–H and O–H groups in total. The summed E-state index contributed by atoms with van der Waals surface area (Å²) in [5.74, 6) is 0.518. The van der Waals surface area contributed by atoms with Gasteiger partial charge in [0.15, 0.2) is 0 Å². The van der Waals surface area contributed by atoms with Gasteiger partial charge in [-0.2, -0.15) is 0 Å². The van der Waals surface area contributed by atoms with E-state index >= 15 is 0 Å². The smallest absolute Gasteiger partial charge is 0.288 e. The Balaban J connectivity index is 2.03. The minimum atomic E-state index is -0.518. The fraction of sp³-hybridized carbons (Fsp3) is 0.538. The summed E-state index contributed by atoms with van der Waals surface area (Å²) >= 11 is 5.86. The second kappa shape index (κ2) is 6.39. The van der Waals surface area contributed by atoms with Gasteiger partial charge >= 0.3 is 0 Å². The Kier molecular flexibility index (Phi) is 4.80. The van der Waals surface area contributed by atoms with Gasteiger partial charge in [0.1, 0.15) is 23.0 Å². The van der Waals surface area contributed by atoms with Gasteiger partial charge in [-0.25, -0.2) is 0 Å². The monoisotopic (exact) mass is 300 g/mol. The van der Waals surface area contributed by atoms with Gasteiger partial charge in [-0.05, 0) is 20.0 Å². The lowest BCUT2D eigenvalue weighted by Gasteiger charge is -2.43. The number of benzene rings is 1. The maximum atomic E-state index is 10.7. The van der Waals surface area contributed by atoms with E-state index in [0.717, 1.165) is 6.42 Å². The summed E-state index contributed by atoms with van der Waals surface area (Å²) in [6, 6.07) is 4.64. The van der Waals surface area contributed by atoms with E-state index < -0.39 is 4.92 Å². The molecule has 6 nitrogen and oxygen atoms in total. The van der Waals surface area contributed by atoms with E-state index in [9.17, 15) is 10.1 Å². The van der Waals surface area contributed by atoms with Gasteiger partial charge in [-0.15, -0.1) is 0 Å². The molecule has 0 radical (unpaired) electrons. The van der Waals surface area contributed by atoms with Crippen LogP contribution >= 0.6 is 11.6 Å². The van der Waals surface area contributed by atoms with E-state index in [1.807, 2.05) is 14.0 Å². The predicted molar refractivity (Wildman–Crippen MR) is 75.4 cm³/mol. The highest BCUT2D eigenvalue weighted by Gasteiger charge is 2.42. The van der Waals surface area contributed by atoms with Gasteiger partial charge in [0, 0.05) is 31.2 Å². The standard InChI is InChI=1S/C13H17ClN2O4/c1-3-19-13-10(15-2)7-12(13)20-8-4-5-11(16(17)18)9(14)6-8/h4-6,10,12-13,15H,3,7H2,1-2H3. The van der Waals surface area contributed by atoms with Crippen molar-refractivity contribution >= 4 is 17.3 Å². The van der Waals surface area contributed by atoms with Gasteiger partial charge < -0.3 is 14.8 Å². The van der Waals surface area contributed by atoms with Crippen molar-refractivity contribution in [2.24, 2.45) is 0 Å². The van der Waals surface area contributed by atoms with Crippen LogP contribution in [-0.4, -0.2) is 36.8 Å². The van der Waals surface area contributed by atoms with E-state index in [1.54, 1.807) is 6.07 Å². The summed E-state index contributed by atoms with van der Waals surface area (Å²) in [5.41, 5.74) is -0.123. The Morgan fingerprint density at radius 1 is 1.55 bits per heavy atom. The molecule has 3 atom stereocenters. The molecular formula is C13H17ClN2O4. The van der Waals surface area contributed by atoms with Crippen LogP contribution in [0.3, 0.4) is 0 Å². The average Bonchev–Trinajstić information content (AvgIpc) is 2.40. The summed E-state index contributed by atoms with van der Waals surface area (Å²) in [6.45, 7) is 2.55. The summed E-state index contributed by atoms with van der Waals surface area (Å²) < 4.78 is 11.4. The molecule has 0 heterocycles. The zero-order valence-corrected chi connectivity index (χ0v) is 12.1. The van der Waals surface area contributed by atoms with Crippen molar-refractivity contribution in [3.8, 4) is 5.75 Å². The van der Waals surface area contributed by atoms with E-state index in [1.165, 1.54) is 12.1 Å². The molecule has 0 saturated heterocycles. The highest BCUT2D eigenvalue weighted by atomic mass is 35.5. The van der Waals surface area contributed by atoms with Gasteiger partial charge in [0.25, 0.3) is 5.69 Å². The lowest BCUT2D eigenvalue weighted by molar-refractivity contribution is -0.384. The lowest BCUT2D eigenvalue weighted by Crippen LogP contribution is -2.60. The maximum Gasteiger partial charge on any atom is 0.288 e. The molecule has 20 heavy (non-hydrogen) atoms. The second-order valence-electron chi connectivity index (χ2n) is 4.58. The molecule has 0 bridgehead atoms. The molecule has 0 aromatic heterocycles. The number of likely N-dealkylation sites (N-methyl/N-ethyl adjacent to an activating group) is 1. The van der Waals surface area contributed by atoms with Crippen molar-refractivity contribution < 1.29 is 14.4 Å². The van der Waals surface area contributed by atoms with Gasteiger partial charge in [0.2, 0.25) is 0 Å². The van der Waals surface area contributed by atoms with Gasteiger partial charge in [-0.3, -0.25) is 10.1 Å². The van der Waals surface area contributed by atoms with Crippen LogP contribution in [0.1, 0.15) is 13.3 Å². The Morgan fingerprint density at radius 2 is 2.30 bits per heavy atom. The molecule has 1 aromatic carbocycles. The Bertz CT molecular complexity index is 497. The highest BCUT2D eigenvalue weighted by Crippen LogP contribution is 2.33. The van der Waals surface area contributed by atoms with Crippen LogP contribution in [0.5, 0.6) is 5.75 Å². The fourth-order valence-corrected chi connectivity index (χ4v) is 2.52. The molecule has 1 saturated carbocycles. The van der Waals surface area contributed by atoms with Crippen molar-refractivity contribution in [1.29, 1.82) is 0 Å². The van der Waals surface area contributed by atoms with Gasteiger partial charge in [0.05, 0.1) is 4.92 Å². The van der Waals surface area contributed by atoms with Crippen molar-refractivity contribution in [2.75, 3.05) is 13.7 Å². The molecular weight excluding hydrogens is 284 g/mol. The molecule has 1 aliphatic carbocycles. The van der Waals surface area contributed by atoms with Gasteiger partial charge in [-0.1, -0.05) is 11.6 Å². The second-order valence-corrected chi connectivity index (χ2v) is 4.98. The van der Waals surface area contributed by atoms with E-state index in [-0.39, 0.29) is 29.0 Å². The number of halogens is 1. The van der Waals surface area contributed by atoms with Crippen LogP contribution in [0.4, 0.5) is 5.69 Å². The van der Waals surface area contributed by atoms with Crippen molar-refractivity contribution in [3.05, 3.63) is 33.3 Å². The lowest BCUT2D eigenvalue weighted by atomic mass is 9.85. The van der Waals surface area contributed by atoms with E-state index in [0.29, 0.717) is 12.4 Å². The number of hydrogen-bond acceptors (Lipinski definition) is 5. The first-order chi connectivity index (χ1) is 9.56. The molecule has 1 fully saturated rings. The highest BCUT2D eigenvalue weighted by molar-refractivity contribution is 6.32. The average molecular weight is 301 g/mol. The fourth-order valence-electron chi connectivity index (χ4n) is 2.28. The van der Waals surface area contributed by atoms with Crippen molar-refractivity contribution in [1.82, 2.24) is 5.32 Å². The number of nitro benzene ring substituents is 1. The van der Waals surface area contributed by atoms with E-state index in [2.05, 4.69) is 5.32 Å². The Labute approximate surface area is 122 Å². The minimum Gasteiger partial charge on any atom is -0.488 e. The first-order valence-electron chi connectivity index (χ1n) is 6.46. The summed E-state index contributed by atoms with van der Waals surface area (Å²) in [7, 11) is 1.88. The molecule has 0 spiro atoms. The normalized spacial score (nSPS) is 25.1. The molecule has 0 aliphatic heterocycles. The predicted octanol–water partition coefficient (Wildman–Crippen LogP) is 2.39. The zero-order chi connectivity index (χ0) is 14.7. The molecule has 110 valence electrons. The minimum absolute atomic E-state index is 0.0148. The summed E-state index contributed by atoms with van der Waals surface area (Å²) in [6.07, 6.45) is 0.749. The first kappa shape index (κ1) is 15.0. The van der Waals surface area contributed by atoms with Crippen molar-refractivity contribution in [2.45, 2.75) is 31.6 Å². The number of rotatable bonds is 6. The van der Waals surface area contributed by atoms with Crippen LogP contribution in [0, 0.1) is 10.1 Å². The molecule has 1 aliphatic rings. The molecule has 2 rings (SSSR count). The Hall–Kier alpha value is -1.37. The topological polar surface area (TPSA) is 73.6 Å². The van der Waals surface area contributed by atoms with E-state index in [4.69, 9.17) is 21.1 Å². The number of nitrogens with one attached hydrogen (secondary N) is 1. The summed E-state index contributed by atoms with van der Waals surface area (Å²) in [5, 5.41) is 13.9. The third-order valence-electron chi connectivity index (χ3n) is 3.38. The first-order valence-corrected chi connectivity index (χ1v) is 6.84. The number of ether oxygens (including phenoxy) is 2. The number of hydrogen-bond donors (Lipinski definition) is 1. The Morgan fingerprint density at radius 3 is 2.85 bits per heavy atom. The van der Waals surface area contributed by atoms with Crippen LogP contribution in [0.2, 0.25) is 5.02 Å². The maximum absolute atomic E-state index is 10.7. The van der Waals surface area contributed by atoms with Crippen LogP contribution < -0.4 is 10.1 Å². The largest absolute Gasteiger partial charge is 0.488 e. The quantitative estimate of drug-likeness (QED) is 0.645. The van der Waals surface area contributed by atoms with Crippen molar-refractivity contribution in [3.63, 3.8) is 0 Å². The molecule has 7 heteroatoms. The van der Waals surface area contributed by atoms with Crippen LogP contribution in [0.25, 0.3) is 0 Å². The third-order valence-corrected chi connectivity index (χ3v) is 3.69.